The zero-order valence-electron chi connectivity index (χ0n) is 18.6. The lowest BCUT2D eigenvalue weighted by molar-refractivity contribution is -0.186. The Labute approximate surface area is 200 Å². The summed E-state index contributed by atoms with van der Waals surface area (Å²) in [5.74, 6) is -2.06. The number of nitriles is 1. The van der Waals surface area contributed by atoms with Crippen molar-refractivity contribution in [3.63, 3.8) is 0 Å². The molecule has 12 heteroatoms. The van der Waals surface area contributed by atoms with Crippen LogP contribution in [0.2, 0.25) is 0 Å². The van der Waals surface area contributed by atoms with Crippen LogP contribution in [0.3, 0.4) is 0 Å². The first-order valence-corrected chi connectivity index (χ1v) is 12.6. The molecule has 8 nitrogen and oxygen atoms in total. The Hall–Kier alpha value is -3.30. The zero-order valence-corrected chi connectivity index (χ0v) is 19.4. The van der Waals surface area contributed by atoms with Gasteiger partial charge in [-0.3, -0.25) is 4.79 Å². The smallest absolute Gasteiger partial charge is 0.361 e. The predicted octanol–water partition coefficient (Wildman–Crippen LogP) is 3.38. The molecule has 2 N–H and O–H groups in total. The van der Waals surface area contributed by atoms with Crippen LogP contribution in [-0.4, -0.2) is 54.1 Å². The van der Waals surface area contributed by atoms with Gasteiger partial charge in [0, 0.05) is 42.9 Å². The molecule has 1 saturated heterocycles. The first-order valence-electron chi connectivity index (χ1n) is 11.1. The normalized spacial score (nSPS) is 16.3. The van der Waals surface area contributed by atoms with E-state index in [0.717, 1.165) is 0 Å². The molecule has 0 bridgehead atoms. The van der Waals surface area contributed by atoms with Crippen molar-refractivity contribution in [2.75, 3.05) is 13.1 Å². The summed E-state index contributed by atoms with van der Waals surface area (Å²) in [6, 6.07) is 10.4. The number of aromatic amines is 1. The second kappa shape index (κ2) is 9.75. The largest absolute Gasteiger partial charge is 0.391 e. The van der Waals surface area contributed by atoms with Crippen molar-refractivity contribution < 1.29 is 26.4 Å². The van der Waals surface area contributed by atoms with Crippen molar-refractivity contribution >= 4 is 26.8 Å². The van der Waals surface area contributed by atoms with E-state index in [1.54, 1.807) is 47.3 Å². The third kappa shape index (κ3) is 5.36. The molecule has 1 aliphatic rings. The van der Waals surface area contributed by atoms with Crippen molar-refractivity contribution in [2.24, 2.45) is 5.92 Å². The minimum atomic E-state index is -4.33. The van der Waals surface area contributed by atoms with Gasteiger partial charge in [-0.05, 0) is 49.6 Å². The average molecular weight is 508 g/mol. The van der Waals surface area contributed by atoms with E-state index in [4.69, 9.17) is 0 Å². The number of amides is 1. The van der Waals surface area contributed by atoms with Gasteiger partial charge in [-0.1, -0.05) is 6.07 Å². The summed E-state index contributed by atoms with van der Waals surface area (Å²) in [6.07, 6.45) is -1.52. The molecule has 1 aromatic carbocycles. The third-order valence-corrected chi connectivity index (χ3v) is 7.84. The van der Waals surface area contributed by atoms with Crippen LogP contribution in [0.1, 0.15) is 25.0 Å². The molecule has 2 aromatic heterocycles. The highest BCUT2D eigenvalue weighted by Crippen LogP contribution is 2.34. The molecule has 4 rings (SSSR count). The number of nitrogens with zero attached hydrogens (tertiary/aromatic N) is 3. The summed E-state index contributed by atoms with van der Waals surface area (Å²) >= 11 is 0. The highest BCUT2D eigenvalue weighted by Gasteiger charge is 2.42. The Bertz CT molecular complexity index is 1350. The number of sulfonamides is 1. The lowest BCUT2D eigenvalue weighted by Gasteiger charge is -2.35. The van der Waals surface area contributed by atoms with E-state index in [2.05, 4.69) is 9.71 Å². The van der Waals surface area contributed by atoms with Gasteiger partial charge in [0.2, 0.25) is 15.9 Å². The van der Waals surface area contributed by atoms with Crippen LogP contribution in [0.5, 0.6) is 0 Å². The highest BCUT2D eigenvalue weighted by molar-refractivity contribution is 7.89. The highest BCUT2D eigenvalue weighted by atomic mass is 32.2. The molecule has 1 atom stereocenters. The monoisotopic (exact) mass is 507 g/mol. The fraction of sp³-hybridized carbons (Fsp3) is 0.391. The van der Waals surface area contributed by atoms with Crippen molar-refractivity contribution in [3.05, 3.63) is 54.5 Å². The van der Waals surface area contributed by atoms with Gasteiger partial charge in [-0.25, -0.2) is 8.42 Å². The average Bonchev–Trinajstić information content (AvgIpc) is 3.49. The zero-order chi connectivity index (χ0) is 25.2. The number of nitrogens with one attached hydrogen (secondary N) is 2. The van der Waals surface area contributed by atoms with Gasteiger partial charge in [0.1, 0.15) is 17.8 Å². The van der Waals surface area contributed by atoms with Crippen LogP contribution >= 0.6 is 0 Å². The number of hydrogen-bond acceptors (Lipinski definition) is 4. The quantitative estimate of drug-likeness (QED) is 0.511. The molecule has 35 heavy (non-hydrogen) atoms. The van der Waals surface area contributed by atoms with Gasteiger partial charge in [0.25, 0.3) is 0 Å². The van der Waals surface area contributed by atoms with Gasteiger partial charge in [0.15, 0.2) is 0 Å². The van der Waals surface area contributed by atoms with E-state index < -0.39 is 34.1 Å². The first kappa shape index (κ1) is 24.8. The van der Waals surface area contributed by atoms with Gasteiger partial charge < -0.3 is 14.5 Å². The van der Waals surface area contributed by atoms with E-state index in [0.29, 0.717) is 16.6 Å². The Kier molecular flexibility index (Phi) is 6.91. The standard InChI is InChI=1S/C23H24F3N5O3S/c24-23(25,26)16-7-12-31(13-8-16)22(32)20(9-14-30-11-2-3-17(30)15-27)29-35(33,34)21-5-1-4-19-18(21)6-10-28-19/h1-6,10-11,16,20,28-29H,7-9,12-14H2. The van der Waals surface area contributed by atoms with E-state index in [1.807, 2.05) is 6.07 Å². The molecule has 1 amide bonds. The summed E-state index contributed by atoms with van der Waals surface area (Å²) in [4.78, 5) is 17.5. The van der Waals surface area contributed by atoms with E-state index in [-0.39, 0.29) is 43.8 Å². The Balaban J connectivity index is 1.57. The number of fused-ring (bicyclic) bond motifs is 1. The number of benzene rings is 1. The summed E-state index contributed by atoms with van der Waals surface area (Å²) in [6.45, 7) is -0.0502. The van der Waals surface area contributed by atoms with Gasteiger partial charge in [-0.15, -0.1) is 0 Å². The molecular formula is C23H24F3N5O3S. The second-order valence-corrected chi connectivity index (χ2v) is 10.2. The molecule has 0 spiro atoms. The van der Waals surface area contributed by atoms with Crippen LogP contribution in [-0.2, 0) is 21.4 Å². The number of rotatable bonds is 7. The molecule has 1 unspecified atom stereocenters. The Morgan fingerprint density at radius 1 is 1.20 bits per heavy atom. The number of piperidine rings is 1. The molecule has 1 fully saturated rings. The number of aromatic nitrogens is 2. The molecular weight excluding hydrogens is 483 g/mol. The Morgan fingerprint density at radius 2 is 1.94 bits per heavy atom. The summed E-state index contributed by atoms with van der Waals surface area (Å²) in [5.41, 5.74) is 0.957. The third-order valence-electron chi connectivity index (χ3n) is 6.31. The van der Waals surface area contributed by atoms with E-state index in [1.165, 1.54) is 11.0 Å². The summed E-state index contributed by atoms with van der Waals surface area (Å²) in [5, 5.41) is 9.69. The maximum Gasteiger partial charge on any atom is 0.391 e. The van der Waals surface area contributed by atoms with Gasteiger partial charge in [-0.2, -0.15) is 23.2 Å². The number of likely N-dealkylation sites (tertiary alicyclic amines) is 1. The van der Waals surface area contributed by atoms with E-state index in [9.17, 15) is 31.6 Å². The summed E-state index contributed by atoms with van der Waals surface area (Å²) < 4.78 is 69.9. The first-order chi connectivity index (χ1) is 16.6. The number of aryl methyl sites for hydroxylation is 1. The number of carbonyl (C=O) groups is 1. The molecule has 3 heterocycles. The second-order valence-electron chi connectivity index (χ2n) is 8.50. The molecule has 1 aliphatic heterocycles. The fourth-order valence-corrected chi connectivity index (χ4v) is 5.85. The molecule has 0 saturated carbocycles. The van der Waals surface area contributed by atoms with Crippen LogP contribution in [0.15, 0.2) is 53.7 Å². The van der Waals surface area contributed by atoms with E-state index >= 15 is 0 Å². The number of H-pyrrole nitrogens is 1. The van der Waals surface area contributed by atoms with Crippen molar-refractivity contribution in [1.82, 2.24) is 19.2 Å². The molecule has 3 aromatic rings. The number of hydrogen-bond donors (Lipinski definition) is 2. The number of halogens is 3. The SMILES string of the molecule is N#Cc1cccn1CCC(NS(=O)(=O)c1cccc2[nH]ccc12)C(=O)N1CCC(C(F)(F)F)CC1. The molecule has 186 valence electrons. The van der Waals surface area contributed by atoms with Crippen LogP contribution in [0, 0.1) is 17.2 Å². The maximum atomic E-state index is 13.3. The molecule has 0 radical (unpaired) electrons. The maximum absolute atomic E-state index is 13.3. The van der Waals surface area contributed by atoms with Crippen molar-refractivity contribution in [1.29, 1.82) is 5.26 Å². The molecule has 0 aliphatic carbocycles. The number of carbonyl (C=O) groups excluding carboxylic acids is 1. The topological polar surface area (TPSA) is 111 Å². The lowest BCUT2D eigenvalue weighted by atomic mass is 9.95. The van der Waals surface area contributed by atoms with Crippen molar-refractivity contribution in [3.8, 4) is 6.07 Å². The number of alkyl halides is 3. The van der Waals surface area contributed by atoms with Gasteiger partial charge in [0.05, 0.1) is 10.8 Å². The van der Waals surface area contributed by atoms with Crippen LogP contribution < -0.4 is 4.72 Å². The van der Waals surface area contributed by atoms with Crippen LogP contribution in [0.4, 0.5) is 13.2 Å². The fourth-order valence-electron chi connectivity index (χ4n) is 4.40. The lowest BCUT2D eigenvalue weighted by Crippen LogP contribution is -2.51. The predicted molar refractivity (Wildman–Crippen MR) is 122 cm³/mol. The van der Waals surface area contributed by atoms with Crippen LogP contribution in [0.25, 0.3) is 10.9 Å². The minimum absolute atomic E-state index is 0.0106. The minimum Gasteiger partial charge on any atom is -0.361 e. The summed E-state index contributed by atoms with van der Waals surface area (Å²) in [7, 11) is -4.15. The van der Waals surface area contributed by atoms with Crippen molar-refractivity contribution in [2.45, 2.75) is 42.9 Å². The van der Waals surface area contributed by atoms with Gasteiger partial charge >= 0.3 is 6.18 Å². The Morgan fingerprint density at radius 3 is 2.63 bits per heavy atom.